The molecule has 1 aromatic rings. The molecule has 1 aliphatic carbocycles. The Labute approximate surface area is 78.7 Å². The molecule has 70 valence electrons. The second-order valence-electron chi connectivity index (χ2n) is 3.64. The maximum atomic E-state index is 6.05. The highest BCUT2D eigenvalue weighted by Gasteiger charge is 2.29. The summed E-state index contributed by atoms with van der Waals surface area (Å²) in [5, 5.41) is 0. The van der Waals surface area contributed by atoms with Gasteiger partial charge in [0, 0.05) is 6.04 Å². The fourth-order valence-electron chi connectivity index (χ4n) is 1.55. The van der Waals surface area contributed by atoms with Gasteiger partial charge in [0.25, 0.3) is 0 Å². The molecule has 1 aromatic carbocycles. The molecule has 13 heavy (non-hydrogen) atoms. The number of ether oxygens (including phenoxy) is 1. The molecule has 1 aliphatic rings. The summed E-state index contributed by atoms with van der Waals surface area (Å²) >= 11 is 0. The van der Waals surface area contributed by atoms with E-state index in [4.69, 9.17) is 10.5 Å². The van der Waals surface area contributed by atoms with Gasteiger partial charge in [-0.15, -0.1) is 0 Å². The number of hydrogen-bond donors (Lipinski definition) is 1. The zero-order chi connectivity index (χ0) is 9.26. The number of benzene rings is 1. The molecule has 2 heteroatoms. The topological polar surface area (TPSA) is 35.2 Å². The minimum absolute atomic E-state index is 0.228. The summed E-state index contributed by atoms with van der Waals surface area (Å²) < 4.78 is 5.08. The van der Waals surface area contributed by atoms with Crippen molar-refractivity contribution in [3.05, 3.63) is 29.8 Å². The lowest BCUT2D eigenvalue weighted by Gasteiger charge is -2.10. The normalized spacial score (nSPS) is 18.3. The lowest BCUT2D eigenvalue weighted by Crippen LogP contribution is -2.11. The van der Waals surface area contributed by atoms with Gasteiger partial charge in [-0.2, -0.15) is 0 Å². The van der Waals surface area contributed by atoms with E-state index < -0.39 is 0 Å². The van der Waals surface area contributed by atoms with Crippen molar-refractivity contribution in [2.24, 2.45) is 11.7 Å². The van der Waals surface area contributed by atoms with E-state index in [9.17, 15) is 0 Å². The fourth-order valence-corrected chi connectivity index (χ4v) is 1.55. The molecule has 2 nitrogen and oxygen atoms in total. The fraction of sp³-hybridized carbons (Fsp3) is 0.455. The van der Waals surface area contributed by atoms with Crippen LogP contribution in [0.3, 0.4) is 0 Å². The van der Waals surface area contributed by atoms with Gasteiger partial charge in [0.15, 0.2) is 0 Å². The molecule has 1 fully saturated rings. The third kappa shape index (κ3) is 1.83. The van der Waals surface area contributed by atoms with Crippen LogP contribution in [0, 0.1) is 5.92 Å². The average molecular weight is 177 g/mol. The minimum Gasteiger partial charge on any atom is -0.497 e. The average Bonchev–Trinajstić information content (AvgIpc) is 3.00. The molecule has 1 saturated carbocycles. The molecule has 0 bridgehead atoms. The predicted octanol–water partition coefficient (Wildman–Crippen LogP) is 2.10. The first-order valence-corrected chi connectivity index (χ1v) is 4.71. The second-order valence-corrected chi connectivity index (χ2v) is 3.64. The van der Waals surface area contributed by atoms with Gasteiger partial charge in [0.05, 0.1) is 7.11 Å². The molecule has 0 saturated heterocycles. The minimum atomic E-state index is 0.228. The Morgan fingerprint density at radius 3 is 2.38 bits per heavy atom. The highest BCUT2D eigenvalue weighted by molar-refractivity contribution is 5.29. The van der Waals surface area contributed by atoms with Crippen molar-refractivity contribution in [1.29, 1.82) is 0 Å². The van der Waals surface area contributed by atoms with Crippen LogP contribution in [0.15, 0.2) is 24.3 Å². The molecule has 2 N–H and O–H groups in total. The van der Waals surface area contributed by atoms with Crippen molar-refractivity contribution in [3.8, 4) is 5.75 Å². The Hall–Kier alpha value is -1.02. The smallest absolute Gasteiger partial charge is 0.118 e. The third-order valence-corrected chi connectivity index (χ3v) is 2.63. The molecular formula is C11H15NO. The van der Waals surface area contributed by atoms with Gasteiger partial charge in [-0.3, -0.25) is 0 Å². The Bertz CT molecular complexity index is 277. The van der Waals surface area contributed by atoms with Crippen LogP contribution in [-0.2, 0) is 0 Å². The SMILES string of the molecule is COc1ccc([C@H](N)C2CC2)cc1. The van der Waals surface area contributed by atoms with Crippen molar-refractivity contribution in [2.75, 3.05) is 7.11 Å². The van der Waals surface area contributed by atoms with E-state index in [1.807, 2.05) is 12.1 Å². The van der Waals surface area contributed by atoms with Crippen LogP contribution in [0.2, 0.25) is 0 Å². The molecule has 0 radical (unpaired) electrons. The van der Waals surface area contributed by atoms with Gasteiger partial charge < -0.3 is 10.5 Å². The molecular weight excluding hydrogens is 162 g/mol. The van der Waals surface area contributed by atoms with E-state index >= 15 is 0 Å². The molecule has 2 rings (SSSR count). The highest BCUT2D eigenvalue weighted by Crippen LogP contribution is 2.39. The van der Waals surface area contributed by atoms with E-state index in [1.54, 1.807) is 7.11 Å². The maximum Gasteiger partial charge on any atom is 0.118 e. The molecule has 0 unspecified atom stereocenters. The van der Waals surface area contributed by atoms with Gasteiger partial charge >= 0.3 is 0 Å². The van der Waals surface area contributed by atoms with Gasteiger partial charge in [-0.25, -0.2) is 0 Å². The predicted molar refractivity (Wildman–Crippen MR) is 52.6 cm³/mol. The zero-order valence-electron chi connectivity index (χ0n) is 7.86. The molecule has 0 aromatic heterocycles. The van der Waals surface area contributed by atoms with E-state index in [2.05, 4.69) is 12.1 Å². The van der Waals surface area contributed by atoms with Gasteiger partial charge in [-0.05, 0) is 36.5 Å². The van der Waals surface area contributed by atoms with Crippen LogP contribution in [0.5, 0.6) is 5.75 Å². The number of hydrogen-bond acceptors (Lipinski definition) is 2. The van der Waals surface area contributed by atoms with E-state index in [0.29, 0.717) is 5.92 Å². The van der Waals surface area contributed by atoms with Crippen molar-refractivity contribution >= 4 is 0 Å². The molecule has 0 amide bonds. The monoisotopic (exact) mass is 177 g/mol. The summed E-state index contributed by atoms with van der Waals surface area (Å²) in [6.45, 7) is 0. The maximum absolute atomic E-state index is 6.05. The third-order valence-electron chi connectivity index (χ3n) is 2.63. The van der Waals surface area contributed by atoms with Gasteiger partial charge in [0.1, 0.15) is 5.75 Å². The summed E-state index contributed by atoms with van der Waals surface area (Å²) in [5.74, 6) is 1.61. The van der Waals surface area contributed by atoms with Crippen molar-refractivity contribution in [3.63, 3.8) is 0 Å². The molecule has 1 atom stereocenters. The van der Waals surface area contributed by atoms with Crippen LogP contribution in [0.4, 0.5) is 0 Å². The number of methoxy groups -OCH3 is 1. The summed E-state index contributed by atoms with van der Waals surface area (Å²) in [5.41, 5.74) is 7.28. The Morgan fingerprint density at radius 2 is 1.92 bits per heavy atom. The lowest BCUT2D eigenvalue weighted by molar-refractivity contribution is 0.414. The highest BCUT2D eigenvalue weighted by atomic mass is 16.5. The van der Waals surface area contributed by atoms with Gasteiger partial charge in [-0.1, -0.05) is 12.1 Å². The first-order chi connectivity index (χ1) is 6.31. The summed E-state index contributed by atoms with van der Waals surface area (Å²) in [4.78, 5) is 0. The standard InChI is InChI=1S/C11H15NO/c1-13-10-6-4-9(5-7-10)11(12)8-2-3-8/h4-8,11H,2-3,12H2,1H3/t11-/m1/s1. The number of nitrogens with two attached hydrogens (primary N) is 1. The Balaban J connectivity index is 2.11. The van der Waals surface area contributed by atoms with Crippen LogP contribution in [0.1, 0.15) is 24.4 Å². The molecule has 0 heterocycles. The van der Waals surface area contributed by atoms with E-state index in [-0.39, 0.29) is 6.04 Å². The van der Waals surface area contributed by atoms with Crippen LogP contribution >= 0.6 is 0 Å². The van der Waals surface area contributed by atoms with E-state index in [1.165, 1.54) is 18.4 Å². The van der Waals surface area contributed by atoms with Crippen molar-refractivity contribution in [1.82, 2.24) is 0 Å². The first-order valence-electron chi connectivity index (χ1n) is 4.71. The summed E-state index contributed by atoms with van der Waals surface area (Å²) in [6, 6.07) is 8.28. The first kappa shape index (κ1) is 8.57. The lowest BCUT2D eigenvalue weighted by atomic mass is 10.0. The summed E-state index contributed by atoms with van der Waals surface area (Å²) in [7, 11) is 1.68. The zero-order valence-corrected chi connectivity index (χ0v) is 7.86. The number of rotatable bonds is 3. The van der Waals surface area contributed by atoms with Gasteiger partial charge in [0.2, 0.25) is 0 Å². The van der Waals surface area contributed by atoms with Crippen molar-refractivity contribution < 1.29 is 4.74 Å². The van der Waals surface area contributed by atoms with Crippen LogP contribution in [-0.4, -0.2) is 7.11 Å². The molecule has 0 aliphatic heterocycles. The van der Waals surface area contributed by atoms with Crippen LogP contribution in [0.25, 0.3) is 0 Å². The van der Waals surface area contributed by atoms with Crippen molar-refractivity contribution in [2.45, 2.75) is 18.9 Å². The molecule has 0 spiro atoms. The van der Waals surface area contributed by atoms with E-state index in [0.717, 1.165) is 5.75 Å². The quantitative estimate of drug-likeness (QED) is 0.767. The Kier molecular flexibility index (Phi) is 2.23. The largest absolute Gasteiger partial charge is 0.497 e. The second kappa shape index (κ2) is 3.38. The Morgan fingerprint density at radius 1 is 1.31 bits per heavy atom. The summed E-state index contributed by atoms with van der Waals surface area (Å²) in [6.07, 6.45) is 2.57. The van der Waals surface area contributed by atoms with Crippen LogP contribution < -0.4 is 10.5 Å².